The van der Waals surface area contributed by atoms with Crippen LogP contribution in [0.2, 0.25) is 0 Å². The van der Waals surface area contributed by atoms with Gasteiger partial charge in [0.2, 0.25) is 5.91 Å². The fraction of sp³-hybridized carbons (Fsp3) is 0.138. The van der Waals surface area contributed by atoms with Crippen molar-refractivity contribution in [1.82, 2.24) is 0 Å². The number of hydrogen-bond acceptors (Lipinski definition) is 4. The first kappa shape index (κ1) is 25.0. The number of fused-ring (bicyclic) bond motifs is 1. The second-order valence-electron chi connectivity index (χ2n) is 8.29. The van der Waals surface area contributed by atoms with Crippen molar-refractivity contribution in [2.24, 2.45) is 0 Å². The molecule has 0 bridgehead atoms. The van der Waals surface area contributed by atoms with Gasteiger partial charge in [0.25, 0.3) is 5.91 Å². The van der Waals surface area contributed by atoms with E-state index in [0.717, 1.165) is 28.1 Å². The zero-order valence-corrected chi connectivity index (χ0v) is 20.8. The number of aromatic carboxylic acids is 1. The number of rotatable bonds is 8. The number of benzene rings is 4. The Hall–Kier alpha value is -4.10. The molecule has 6 nitrogen and oxygen atoms in total. The van der Waals surface area contributed by atoms with Crippen LogP contribution in [0.4, 0.5) is 11.4 Å². The summed E-state index contributed by atoms with van der Waals surface area (Å²) < 4.78 is 0. The summed E-state index contributed by atoms with van der Waals surface area (Å²) in [5, 5.41) is 16.5. The van der Waals surface area contributed by atoms with Crippen LogP contribution in [0.5, 0.6) is 0 Å². The van der Waals surface area contributed by atoms with Gasteiger partial charge in [-0.1, -0.05) is 49.4 Å². The molecule has 4 aromatic rings. The lowest BCUT2D eigenvalue weighted by Gasteiger charge is -2.13. The zero-order chi connectivity index (χ0) is 25.7. The highest BCUT2D eigenvalue weighted by Crippen LogP contribution is 2.26. The second kappa shape index (κ2) is 11.1. The van der Waals surface area contributed by atoms with Crippen molar-refractivity contribution in [1.29, 1.82) is 0 Å². The Balaban J connectivity index is 1.41. The van der Waals surface area contributed by atoms with Gasteiger partial charge in [-0.05, 0) is 66.3 Å². The third-order valence-corrected chi connectivity index (χ3v) is 6.88. The summed E-state index contributed by atoms with van der Waals surface area (Å²) in [4.78, 5) is 38.1. The lowest BCUT2D eigenvalue weighted by Crippen LogP contribution is -2.16. The highest BCUT2D eigenvalue weighted by molar-refractivity contribution is 8.00. The summed E-state index contributed by atoms with van der Waals surface area (Å²) >= 11 is 1.41. The number of aryl methyl sites for hydroxylation is 2. The molecule has 0 aliphatic heterocycles. The molecule has 0 saturated carbocycles. The molecule has 0 spiro atoms. The van der Waals surface area contributed by atoms with Crippen molar-refractivity contribution >= 4 is 51.7 Å². The number of carbonyl (C=O) groups excluding carboxylic acids is 2. The molecule has 36 heavy (non-hydrogen) atoms. The fourth-order valence-electron chi connectivity index (χ4n) is 4.07. The molecule has 2 amide bonds. The SMILES string of the molecule is CCc1cccc(C)c1NC(=O)CSc1ccc(NC(=O)c2cccc3cccc(C(=O)O)c23)cc1. The highest BCUT2D eigenvalue weighted by atomic mass is 32.2. The van der Waals surface area contributed by atoms with Gasteiger partial charge in [-0.2, -0.15) is 0 Å². The summed E-state index contributed by atoms with van der Waals surface area (Å²) in [6.45, 7) is 4.04. The van der Waals surface area contributed by atoms with Crippen LogP contribution in [0.3, 0.4) is 0 Å². The summed E-state index contributed by atoms with van der Waals surface area (Å²) in [6, 6.07) is 23.2. The predicted octanol–water partition coefficient (Wildman–Crippen LogP) is 6.39. The Morgan fingerprint density at radius 1 is 0.833 bits per heavy atom. The van der Waals surface area contributed by atoms with E-state index in [9.17, 15) is 19.5 Å². The van der Waals surface area contributed by atoms with E-state index in [1.165, 1.54) is 17.8 Å². The summed E-state index contributed by atoms with van der Waals surface area (Å²) in [5.41, 5.74) is 3.97. The maximum Gasteiger partial charge on any atom is 0.336 e. The van der Waals surface area contributed by atoms with Crippen molar-refractivity contribution in [3.63, 3.8) is 0 Å². The molecule has 0 aromatic heterocycles. The highest BCUT2D eigenvalue weighted by Gasteiger charge is 2.17. The van der Waals surface area contributed by atoms with Crippen LogP contribution < -0.4 is 10.6 Å². The van der Waals surface area contributed by atoms with Crippen molar-refractivity contribution in [2.75, 3.05) is 16.4 Å². The standard InChI is InChI=1S/C29H26N2O4S/c1-3-19-8-4-7-18(2)27(19)31-25(32)17-36-22-15-13-21(14-16-22)30-28(33)23-11-5-9-20-10-6-12-24(26(20)23)29(34)35/h4-16H,3,17H2,1-2H3,(H,30,33)(H,31,32)(H,34,35). The van der Waals surface area contributed by atoms with Gasteiger partial charge in [0.1, 0.15) is 0 Å². The van der Waals surface area contributed by atoms with Crippen LogP contribution in [-0.2, 0) is 11.2 Å². The van der Waals surface area contributed by atoms with Gasteiger partial charge in [0.15, 0.2) is 0 Å². The molecular formula is C29H26N2O4S. The van der Waals surface area contributed by atoms with Gasteiger partial charge in [-0.15, -0.1) is 11.8 Å². The molecule has 0 radical (unpaired) electrons. The maximum atomic E-state index is 13.0. The molecule has 7 heteroatoms. The predicted molar refractivity (Wildman–Crippen MR) is 145 cm³/mol. The third kappa shape index (κ3) is 5.58. The summed E-state index contributed by atoms with van der Waals surface area (Å²) in [5.74, 6) is -1.29. The largest absolute Gasteiger partial charge is 0.478 e. The topological polar surface area (TPSA) is 95.5 Å². The van der Waals surface area contributed by atoms with Crippen LogP contribution in [0.1, 0.15) is 38.8 Å². The number of hydrogen-bond donors (Lipinski definition) is 3. The van der Waals surface area contributed by atoms with Crippen LogP contribution >= 0.6 is 11.8 Å². The van der Waals surface area contributed by atoms with E-state index in [2.05, 4.69) is 17.6 Å². The van der Waals surface area contributed by atoms with E-state index in [4.69, 9.17) is 0 Å². The third-order valence-electron chi connectivity index (χ3n) is 5.87. The molecule has 0 fully saturated rings. The van der Waals surface area contributed by atoms with Crippen molar-refractivity contribution in [3.8, 4) is 0 Å². The van der Waals surface area contributed by atoms with E-state index < -0.39 is 5.97 Å². The molecular weight excluding hydrogens is 472 g/mol. The molecule has 0 aliphatic rings. The average Bonchev–Trinajstić information content (AvgIpc) is 2.88. The minimum absolute atomic E-state index is 0.0773. The monoisotopic (exact) mass is 498 g/mol. The van der Waals surface area contributed by atoms with Crippen LogP contribution in [0.15, 0.2) is 83.8 Å². The smallest absolute Gasteiger partial charge is 0.336 e. The van der Waals surface area contributed by atoms with Gasteiger partial charge in [0.05, 0.1) is 11.3 Å². The van der Waals surface area contributed by atoms with E-state index in [1.807, 2.05) is 37.3 Å². The Labute approximate surface area is 213 Å². The van der Waals surface area contributed by atoms with Gasteiger partial charge >= 0.3 is 5.97 Å². The number of carboxylic acids is 1. The summed E-state index contributed by atoms with van der Waals surface area (Å²) in [7, 11) is 0. The maximum absolute atomic E-state index is 13.0. The van der Waals surface area contributed by atoms with Gasteiger partial charge in [0, 0.05) is 27.2 Å². The first-order valence-electron chi connectivity index (χ1n) is 11.5. The number of thioether (sulfide) groups is 1. The number of amides is 2. The average molecular weight is 499 g/mol. The lowest BCUT2D eigenvalue weighted by atomic mass is 9.98. The normalized spacial score (nSPS) is 10.7. The van der Waals surface area contributed by atoms with E-state index in [1.54, 1.807) is 42.5 Å². The molecule has 0 saturated heterocycles. The molecule has 0 aliphatic carbocycles. The van der Waals surface area contributed by atoms with Crippen LogP contribution in [0.25, 0.3) is 10.8 Å². The molecule has 0 unspecified atom stereocenters. The molecule has 182 valence electrons. The number of nitrogens with one attached hydrogen (secondary N) is 2. The molecule has 3 N–H and O–H groups in total. The van der Waals surface area contributed by atoms with E-state index in [0.29, 0.717) is 22.0 Å². The Bertz CT molecular complexity index is 1440. The first-order valence-corrected chi connectivity index (χ1v) is 12.5. The van der Waals surface area contributed by atoms with Gasteiger partial charge in [-0.3, -0.25) is 9.59 Å². The second-order valence-corrected chi connectivity index (χ2v) is 9.34. The Morgan fingerprint density at radius 2 is 1.50 bits per heavy atom. The molecule has 0 heterocycles. The van der Waals surface area contributed by atoms with E-state index >= 15 is 0 Å². The number of para-hydroxylation sites is 1. The number of anilines is 2. The lowest BCUT2D eigenvalue weighted by molar-refractivity contribution is -0.113. The van der Waals surface area contributed by atoms with E-state index in [-0.39, 0.29) is 23.1 Å². The molecule has 4 aromatic carbocycles. The fourth-order valence-corrected chi connectivity index (χ4v) is 4.77. The van der Waals surface area contributed by atoms with Crippen LogP contribution in [-0.4, -0.2) is 28.6 Å². The minimum Gasteiger partial charge on any atom is -0.478 e. The van der Waals surface area contributed by atoms with Crippen molar-refractivity contribution in [2.45, 2.75) is 25.2 Å². The van der Waals surface area contributed by atoms with Crippen LogP contribution in [0, 0.1) is 6.92 Å². The number of carbonyl (C=O) groups is 3. The Kier molecular flexibility index (Phi) is 7.71. The van der Waals surface area contributed by atoms with Crippen molar-refractivity contribution in [3.05, 3.63) is 101 Å². The number of carboxylic acid groups (broad SMARTS) is 1. The zero-order valence-electron chi connectivity index (χ0n) is 20.0. The van der Waals surface area contributed by atoms with Gasteiger partial charge in [-0.25, -0.2) is 4.79 Å². The Morgan fingerprint density at radius 3 is 2.17 bits per heavy atom. The quantitative estimate of drug-likeness (QED) is 0.245. The summed E-state index contributed by atoms with van der Waals surface area (Å²) in [6.07, 6.45) is 0.841. The minimum atomic E-state index is -1.08. The van der Waals surface area contributed by atoms with Crippen molar-refractivity contribution < 1.29 is 19.5 Å². The molecule has 4 rings (SSSR count). The molecule has 0 atom stereocenters. The first-order chi connectivity index (χ1) is 17.4. The van der Waals surface area contributed by atoms with Gasteiger partial charge < -0.3 is 15.7 Å².